The minimum Gasteiger partial charge on any atom is -0.462 e. The van der Waals surface area contributed by atoms with E-state index in [1.807, 2.05) is 61.5 Å². The molecule has 3 aromatic rings. The second-order valence-corrected chi connectivity index (χ2v) is 6.72. The van der Waals surface area contributed by atoms with Crippen LogP contribution in [0, 0.1) is 0 Å². The van der Waals surface area contributed by atoms with Gasteiger partial charge in [0.25, 0.3) is 0 Å². The number of furan rings is 1. The lowest BCUT2D eigenvalue weighted by atomic mass is 10.0. The Morgan fingerprint density at radius 3 is 2.46 bits per heavy atom. The highest BCUT2D eigenvalue weighted by Gasteiger charge is 2.19. The fourth-order valence-electron chi connectivity index (χ4n) is 3.01. The summed E-state index contributed by atoms with van der Waals surface area (Å²) in [6.07, 6.45) is -0.536. The molecule has 5 heteroatoms. The molecule has 2 aromatic carbocycles. The van der Waals surface area contributed by atoms with Crippen LogP contribution in [-0.4, -0.2) is 23.7 Å². The third-order valence-electron chi connectivity index (χ3n) is 4.67. The van der Waals surface area contributed by atoms with Crippen molar-refractivity contribution in [3.8, 4) is 11.3 Å². The summed E-state index contributed by atoms with van der Waals surface area (Å²) < 4.78 is 10.9. The van der Waals surface area contributed by atoms with Crippen LogP contribution in [0.25, 0.3) is 11.3 Å². The molecule has 0 unspecified atom stereocenters. The Labute approximate surface area is 165 Å². The molecule has 0 aliphatic heterocycles. The number of hydrogen-bond donors (Lipinski definition) is 2. The number of aliphatic hydroxyl groups is 1. The van der Waals surface area contributed by atoms with E-state index in [1.54, 1.807) is 19.1 Å². The van der Waals surface area contributed by atoms with E-state index in [2.05, 4.69) is 5.32 Å². The second-order valence-electron chi connectivity index (χ2n) is 6.72. The molecule has 28 heavy (non-hydrogen) atoms. The number of benzene rings is 2. The van der Waals surface area contributed by atoms with Crippen molar-refractivity contribution in [2.75, 3.05) is 6.61 Å². The van der Waals surface area contributed by atoms with Crippen molar-refractivity contribution in [2.45, 2.75) is 32.5 Å². The zero-order chi connectivity index (χ0) is 19.9. The average molecular weight is 380 g/mol. The van der Waals surface area contributed by atoms with Crippen molar-refractivity contribution in [3.05, 3.63) is 83.6 Å². The van der Waals surface area contributed by atoms with E-state index >= 15 is 0 Å². The van der Waals surface area contributed by atoms with Crippen molar-refractivity contribution in [1.82, 2.24) is 0 Å². The third-order valence-corrected chi connectivity index (χ3v) is 4.67. The number of carbonyl (C=O) groups excluding carboxylic acids is 1. The van der Waals surface area contributed by atoms with Gasteiger partial charge in [-0.3, -0.25) is 0 Å². The number of nitrogens with two attached hydrogens (primary N) is 1. The van der Waals surface area contributed by atoms with Gasteiger partial charge in [-0.05, 0) is 43.7 Å². The summed E-state index contributed by atoms with van der Waals surface area (Å²) in [6, 6.07) is 20.7. The number of esters is 1. The minimum absolute atomic E-state index is 0.000175. The topological polar surface area (TPSA) is 76.3 Å². The Morgan fingerprint density at radius 1 is 1.07 bits per heavy atom. The quantitative estimate of drug-likeness (QED) is 0.588. The van der Waals surface area contributed by atoms with Crippen LogP contribution in [0.2, 0.25) is 0 Å². The molecule has 2 atom stereocenters. The molecule has 1 aromatic heterocycles. The van der Waals surface area contributed by atoms with Gasteiger partial charge in [-0.2, -0.15) is 0 Å². The summed E-state index contributed by atoms with van der Waals surface area (Å²) in [5, 5.41) is 12.5. The normalized spacial score (nSPS) is 13.1. The van der Waals surface area contributed by atoms with E-state index in [4.69, 9.17) is 9.15 Å². The van der Waals surface area contributed by atoms with Gasteiger partial charge in [0.2, 0.25) is 0 Å². The predicted molar refractivity (Wildman–Crippen MR) is 107 cm³/mol. The van der Waals surface area contributed by atoms with E-state index in [-0.39, 0.29) is 12.0 Å². The van der Waals surface area contributed by atoms with Gasteiger partial charge in [-0.15, -0.1) is 0 Å². The smallest absolute Gasteiger partial charge is 0.338 e. The third kappa shape index (κ3) is 4.88. The van der Waals surface area contributed by atoms with Crippen molar-refractivity contribution in [1.29, 1.82) is 0 Å². The van der Waals surface area contributed by atoms with Gasteiger partial charge >= 0.3 is 5.97 Å². The van der Waals surface area contributed by atoms with Crippen molar-refractivity contribution >= 4 is 5.97 Å². The van der Waals surface area contributed by atoms with Gasteiger partial charge in [0.1, 0.15) is 24.5 Å². The Bertz CT molecular complexity index is 886. The maximum atomic E-state index is 11.7. The highest BCUT2D eigenvalue weighted by molar-refractivity contribution is 5.89. The van der Waals surface area contributed by atoms with E-state index in [9.17, 15) is 9.90 Å². The van der Waals surface area contributed by atoms with Crippen molar-refractivity contribution in [2.24, 2.45) is 0 Å². The number of ether oxygens (including phenoxy) is 1. The maximum Gasteiger partial charge on any atom is 0.338 e. The molecule has 0 aliphatic carbocycles. The van der Waals surface area contributed by atoms with Crippen LogP contribution in [0.5, 0.6) is 0 Å². The predicted octanol–water partition coefficient (Wildman–Crippen LogP) is 3.31. The molecule has 3 N–H and O–H groups in total. The van der Waals surface area contributed by atoms with Gasteiger partial charge in [0.05, 0.1) is 12.2 Å². The SMILES string of the molecule is CCOC(=O)c1ccc(-c2ccc(C[NH2+][C@@H](C)[C@H](O)c3ccccc3)o2)cc1. The van der Waals surface area contributed by atoms with Gasteiger partial charge < -0.3 is 19.6 Å². The van der Waals surface area contributed by atoms with Gasteiger partial charge in [-0.1, -0.05) is 42.5 Å². The number of quaternary nitrogens is 1. The van der Waals surface area contributed by atoms with Crippen LogP contribution in [0.3, 0.4) is 0 Å². The molecule has 0 amide bonds. The number of aliphatic hydroxyl groups excluding tert-OH is 1. The molecule has 0 spiro atoms. The van der Waals surface area contributed by atoms with Crippen LogP contribution in [0.15, 0.2) is 71.1 Å². The first-order valence-electron chi connectivity index (χ1n) is 9.51. The summed E-state index contributed by atoms with van der Waals surface area (Å²) in [6.45, 7) is 4.77. The number of hydrogen-bond acceptors (Lipinski definition) is 4. The second kappa shape index (κ2) is 9.35. The van der Waals surface area contributed by atoms with Crippen LogP contribution < -0.4 is 5.32 Å². The molecular formula is C23H26NO4+. The molecular weight excluding hydrogens is 354 g/mol. The largest absolute Gasteiger partial charge is 0.462 e. The summed E-state index contributed by atoms with van der Waals surface area (Å²) in [4.78, 5) is 11.7. The molecule has 0 saturated heterocycles. The monoisotopic (exact) mass is 380 g/mol. The van der Waals surface area contributed by atoms with Gasteiger partial charge in [0, 0.05) is 5.56 Å². The molecule has 0 fully saturated rings. The fourth-order valence-corrected chi connectivity index (χ4v) is 3.01. The Morgan fingerprint density at radius 2 is 1.79 bits per heavy atom. The molecule has 5 nitrogen and oxygen atoms in total. The summed E-state index contributed by atoms with van der Waals surface area (Å²) >= 11 is 0. The lowest BCUT2D eigenvalue weighted by molar-refractivity contribution is -0.710. The lowest BCUT2D eigenvalue weighted by Crippen LogP contribution is -2.88. The molecule has 0 aliphatic rings. The maximum absolute atomic E-state index is 11.7. The lowest BCUT2D eigenvalue weighted by Gasteiger charge is -2.17. The minimum atomic E-state index is -0.536. The Hall–Kier alpha value is -2.89. The van der Waals surface area contributed by atoms with Crippen molar-refractivity contribution < 1.29 is 24.4 Å². The highest BCUT2D eigenvalue weighted by Crippen LogP contribution is 2.23. The summed E-state index contributed by atoms with van der Waals surface area (Å²) in [7, 11) is 0. The van der Waals surface area contributed by atoms with Crippen molar-refractivity contribution in [3.63, 3.8) is 0 Å². The van der Waals surface area contributed by atoms with Gasteiger partial charge in [0.15, 0.2) is 5.76 Å². The van der Waals surface area contributed by atoms with Gasteiger partial charge in [-0.25, -0.2) is 4.79 Å². The Kier molecular flexibility index (Phi) is 6.63. The fraction of sp³-hybridized carbons (Fsp3) is 0.261. The van der Waals surface area contributed by atoms with E-state index < -0.39 is 6.10 Å². The van der Waals surface area contributed by atoms with E-state index in [1.165, 1.54) is 0 Å². The molecule has 0 radical (unpaired) electrons. The first-order chi connectivity index (χ1) is 13.6. The first-order valence-corrected chi connectivity index (χ1v) is 9.51. The van der Waals surface area contributed by atoms with Crippen LogP contribution in [0.1, 0.15) is 41.6 Å². The van der Waals surface area contributed by atoms with E-state index in [0.29, 0.717) is 18.7 Å². The average Bonchev–Trinajstić information content (AvgIpc) is 3.21. The summed E-state index contributed by atoms with van der Waals surface area (Å²) in [5.41, 5.74) is 2.33. The zero-order valence-electron chi connectivity index (χ0n) is 16.2. The molecule has 0 bridgehead atoms. The first kappa shape index (κ1) is 19.9. The standard InChI is InChI=1S/C23H25NO4/c1-3-27-23(26)19-11-9-17(10-12-19)21-14-13-20(28-21)15-24-16(2)22(25)18-7-5-4-6-8-18/h4-14,16,22,24-25H,3,15H2,1-2H3/p+1/t16-,22-/m0/s1. The number of carbonyl (C=O) groups is 1. The highest BCUT2D eigenvalue weighted by atomic mass is 16.5. The van der Waals surface area contributed by atoms with Crippen LogP contribution in [0.4, 0.5) is 0 Å². The molecule has 146 valence electrons. The zero-order valence-corrected chi connectivity index (χ0v) is 16.2. The molecule has 0 saturated carbocycles. The Balaban J connectivity index is 1.59. The van der Waals surface area contributed by atoms with E-state index in [0.717, 1.165) is 22.6 Å². The van der Waals surface area contributed by atoms with Crippen LogP contribution in [-0.2, 0) is 11.3 Å². The number of rotatable bonds is 8. The molecule has 1 heterocycles. The molecule has 3 rings (SSSR count). The van der Waals surface area contributed by atoms with Crippen LogP contribution >= 0.6 is 0 Å². The summed E-state index contributed by atoms with van der Waals surface area (Å²) in [5.74, 6) is 1.25.